The molecule has 148 valence electrons. The number of nitrogens with zero attached hydrogens (tertiary/aromatic N) is 1. The van der Waals surface area contributed by atoms with E-state index in [4.69, 9.17) is 4.74 Å². The maximum atomic E-state index is 12.8. The number of esters is 1. The van der Waals surface area contributed by atoms with Crippen LogP contribution >= 0.6 is 11.3 Å². The molecule has 1 aliphatic rings. The first kappa shape index (κ1) is 18.1. The van der Waals surface area contributed by atoms with Crippen molar-refractivity contribution in [3.63, 3.8) is 0 Å². The summed E-state index contributed by atoms with van der Waals surface area (Å²) in [4.78, 5) is 38.0. The summed E-state index contributed by atoms with van der Waals surface area (Å²) < 4.78 is 5.62. The summed E-state index contributed by atoms with van der Waals surface area (Å²) in [6.07, 6.45) is 4.00. The van der Waals surface area contributed by atoms with Crippen LogP contribution in [0.1, 0.15) is 53.0 Å². The minimum atomic E-state index is -0.661. The van der Waals surface area contributed by atoms with Gasteiger partial charge in [0.25, 0.3) is 5.56 Å². The van der Waals surface area contributed by atoms with Crippen LogP contribution in [0.5, 0.6) is 0 Å². The fourth-order valence-corrected chi connectivity index (χ4v) is 5.47. The summed E-state index contributed by atoms with van der Waals surface area (Å²) in [6.45, 7) is 3.97. The molecule has 0 bridgehead atoms. The van der Waals surface area contributed by atoms with Gasteiger partial charge in [0, 0.05) is 22.0 Å². The highest BCUT2D eigenvalue weighted by molar-refractivity contribution is 7.18. The van der Waals surface area contributed by atoms with Gasteiger partial charge in [0.15, 0.2) is 11.9 Å². The molecule has 1 aliphatic carbocycles. The number of hydrogen-bond donors (Lipinski definition) is 2. The largest absolute Gasteiger partial charge is 0.451 e. The predicted molar refractivity (Wildman–Crippen MR) is 114 cm³/mol. The Balaban J connectivity index is 1.46. The molecular weight excluding hydrogens is 386 g/mol. The third-order valence-electron chi connectivity index (χ3n) is 5.66. The number of thiophene rings is 1. The second kappa shape index (κ2) is 6.84. The quantitative estimate of drug-likeness (QED) is 0.489. The molecule has 1 aromatic carbocycles. The molecule has 6 nitrogen and oxygen atoms in total. The van der Waals surface area contributed by atoms with E-state index in [0.717, 1.165) is 40.6 Å². The van der Waals surface area contributed by atoms with Gasteiger partial charge in [0.2, 0.25) is 0 Å². The second-order valence-corrected chi connectivity index (χ2v) is 8.86. The molecule has 0 saturated heterocycles. The number of carbonyl (C=O) groups is 1. The molecule has 0 fully saturated rings. The summed E-state index contributed by atoms with van der Waals surface area (Å²) >= 11 is 1.59. The van der Waals surface area contributed by atoms with Gasteiger partial charge in [-0.15, -0.1) is 11.3 Å². The number of hydrogen-bond acceptors (Lipinski definition) is 5. The molecule has 3 aromatic heterocycles. The van der Waals surface area contributed by atoms with Crippen LogP contribution in [0.2, 0.25) is 0 Å². The molecule has 0 unspecified atom stereocenters. The third kappa shape index (κ3) is 3.06. The van der Waals surface area contributed by atoms with Crippen LogP contribution in [0.4, 0.5) is 0 Å². The number of H-pyrrole nitrogens is 2. The number of nitrogens with one attached hydrogen (secondary N) is 2. The summed E-state index contributed by atoms with van der Waals surface area (Å²) in [6, 6.07) is 7.56. The van der Waals surface area contributed by atoms with Crippen LogP contribution in [0.3, 0.4) is 0 Å². The SMILES string of the molecule is C[C@H]1CCc2c(sc3nc([C@@H](C)OC(=O)c4c[nH]c5ccccc45)[nH]c(=O)c23)C1. The lowest BCUT2D eigenvalue weighted by Gasteiger charge is -2.17. The van der Waals surface area contributed by atoms with Crippen molar-refractivity contribution < 1.29 is 9.53 Å². The maximum Gasteiger partial charge on any atom is 0.341 e. The van der Waals surface area contributed by atoms with Gasteiger partial charge in [-0.3, -0.25) is 4.79 Å². The number of para-hydroxylation sites is 1. The van der Waals surface area contributed by atoms with Crippen molar-refractivity contribution in [3.8, 4) is 0 Å². The van der Waals surface area contributed by atoms with Gasteiger partial charge in [-0.1, -0.05) is 25.1 Å². The molecule has 0 spiro atoms. The smallest absolute Gasteiger partial charge is 0.341 e. The number of ether oxygens (including phenoxy) is 1. The molecule has 7 heteroatoms. The van der Waals surface area contributed by atoms with E-state index >= 15 is 0 Å². The van der Waals surface area contributed by atoms with Crippen molar-refractivity contribution >= 4 is 38.4 Å². The topological polar surface area (TPSA) is 87.8 Å². The fourth-order valence-electron chi connectivity index (χ4n) is 4.08. The lowest BCUT2D eigenvalue weighted by atomic mass is 9.89. The van der Waals surface area contributed by atoms with E-state index in [-0.39, 0.29) is 5.56 Å². The summed E-state index contributed by atoms with van der Waals surface area (Å²) in [5, 5.41) is 1.51. The van der Waals surface area contributed by atoms with Crippen molar-refractivity contribution in [2.45, 2.75) is 39.2 Å². The van der Waals surface area contributed by atoms with Gasteiger partial charge in [0.1, 0.15) is 4.83 Å². The maximum absolute atomic E-state index is 12.8. The minimum Gasteiger partial charge on any atom is -0.451 e. The molecule has 3 heterocycles. The monoisotopic (exact) mass is 407 g/mol. The molecule has 2 N–H and O–H groups in total. The van der Waals surface area contributed by atoms with Crippen molar-refractivity contribution in [2.24, 2.45) is 5.92 Å². The number of aromatic nitrogens is 3. The zero-order valence-electron chi connectivity index (χ0n) is 16.2. The van der Waals surface area contributed by atoms with Gasteiger partial charge < -0.3 is 14.7 Å². The molecule has 2 atom stereocenters. The van der Waals surface area contributed by atoms with Crippen molar-refractivity contribution in [2.75, 3.05) is 0 Å². The van der Waals surface area contributed by atoms with Crippen molar-refractivity contribution in [1.82, 2.24) is 15.0 Å². The summed E-state index contributed by atoms with van der Waals surface area (Å²) in [5.74, 6) is 0.560. The first-order valence-electron chi connectivity index (χ1n) is 9.83. The highest BCUT2D eigenvalue weighted by Crippen LogP contribution is 2.36. The molecule has 29 heavy (non-hydrogen) atoms. The van der Waals surface area contributed by atoms with E-state index in [1.165, 1.54) is 4.88 Å². The highest BCUT2D eigenvalue weighted by Gasteiger charge is 2.25. The van der Waals surface area contributed by atoms with Gasteiger partial charge in [-0.05, 0) is 43.7 Å². The molecule has 0 saturated carbocycles. The summed E-state index contributed by atoms with van der Waals surface area (Å²) in [5.41, 5.74) is 2.34. The average molecular weight is 407 g/mol. The van der Waals surface area contributed by atoms with Crippen molar-refractivity contribution in [3.05, 3.63) is 62.6 Å². The first-order chi connectivity index (χ1) is 14.0. The normalized spacial score (nSPS) is 17.4. The minimum absolute atomic E-state index is 0.146. The number of aromatic amines is 2. The Labute approximate surface area is 170 Å². The standard InChI is InChI=1S/C22H21N3O3S/c1-11-7-8-14-17(9-11)29-21-18(14)20(26)24-19(25-21)12(2)28-22(27)15-10-23-16-6-4-3-5-13(15)16/h3-6,10-12,23H,7-9H2,1-2H3,(H,24,25,26)/t11-,12+/m0/s1. The predicted octanol–water partition coefficient (Wildman–Crippen LogP) is 4.51. The molecule has 0 aliphatic heterocycles. The zero-order valence-corrected chi connectivity index (χ0v) is 17.1. The fraction of sp³-hybridized carbons (Fsp3) is 0.318. The Morgan fingerprint density at radius 3 is 3.03 bits per heavy atom. The summed E-state index contributed by atoms with van der Waals surface area (Å²) in [7, 11) is 0. The average Bonchev–Trinajstić information content (AvgIpc) is 3.28. The van der Waals surface area contributed by atoms with Crippen LogP contribution in [0.15, 0.2) is 35.3 Å². The van der Waals surface area contributed by atoms with E-state index in [9.17, 15) is 9.59 Å². The van der Waals surface area contributed by atoms with Crippen LogP contribution in [0, 0.1) is 5.92 Å². The van der Waals surface area contributed by atoms with Crippen LogP contribution in [0.25, 0.3) is 21.1 Å². The van der Waals surface area contributed by atoms with Crippen LogP contribution in [-0.4, -0.2) is 20.9 Å². The number of aryl methyl sites for hydroxylation is 1. The molecule has 4 aromatic rings. The lowest BCUT2D eigenvalue weighted by molar-refractivity contribution is 0.0322. The Morgan fingerprint density at radius 2 is 2.17 bits per heavy atom. The van der Waals surface area contributed by atoms with E-state index in [2.05, 4.69) is 21.9 Å². The van der Waals surface area contributed by atoms with Crippen molar-refractivity contribution in [1.29, 1.82) is 0 Å². The number of benzene rings is 1. The van der Waals surface area contributed by atoms with Gasteiger partial charge in [0.05, 0.1) is 10.9 Å². The number of rotatable bonds is 3. The number of carbonyl (C=O) groups excluding carboxylic acids is 1. The van der Waals surface area contributed by atoms with E-state index in [0.29, 0.717) is 22.7 Å². The second-order valence-electron chi connectivity index (χ2n) is 7.78. The van der Waals surface area contributed by atoms with Crippen LogP contribution < -0.4 is 5.56 Å². The Bertz CT molecular complexity index is 1300. The van der Waals surface area contributed by atoms with Crippen LogP contribution in [-0.2, 0) is 17.6 Å². The molecule has 0 radical (unpaired) electrons. The molecule has 0 amide bonds. The first-order valence-corrected chi connectivity index (χ1v) is 10.6. The highest BCUT2D eigenvalue weighted by atomic mass is 32.1. The van der Waals surface area contributed by atoms with Gasteiger partial charge in [-0.2, -0.15) is 0 Å². The van der Waals surface area contributed by atoms with E-state index < -0.39 is 12.1 Å². The van der Waals surface area contributed by atoms with Gasteiger partial charge in [-0.25, -0.2) is 9.78 Å². The van der Waals surface area contributed by atoms with E-state index in [1.54, 1.807) is 24.5 Å². The van der Waals surface area contributed by atoms with Gasteiger partial charge >= 0.3 is 5.97 Å². The zero-order chi connectivity index (χ0) is 20.1. The Kier molecular flexibility index (Phi) is 4.28. The third-order valence-corrected chi connectivity index (χ3v) is 6.81. The molecular formula is C22H21N3O3S. The lowest BCUT2D eigenvalue weighted by Crippen LogP contribution is -2.18. The Morgan fingerprint density at radius 1 is 1.34 bits per heavy atom. The molecule has 5 rings (SSSR count). The van der Waals surface area contributed by atoms with E-state index in [1.807, 2.05) is 24.3 Å². The Hall–Kier alpha value is -2.93. The number of fused-ring (bicyclic) bond motifs is 4.